The van der Waals surface area contributed by atoms with Gasteiger partial charge >= 0.3 is 6.03 Å². The Bertz CT molecular complexity index is 1310. The second-order valence-corrected chi connectivity index (χ2v) is 8.56. The molecule has 4 rings (SSSR count). The minimum atomic E-state index is -0.365. The molecule has 172 valence electrons. The molecular weight excluding hydrogens is 448 g/mol. The van der Waals surface area contributed by atoms with E-state index in [1.807, 2.05) is 34.9 Å². The quantitative estimate of drug-likeness (QED) is 0.319. The first kappa shape index (κ1) is 23.1. The lowest BCUT2D eigenvalue weighted by molar-refractivity contribution is -0.113. The number of hydrogen-bond donors (Lipinski definition) is 3. The molecule has 0 aliphatic carbocycles. The van der Waals surface area contributed by atoms with Crippen LogP contribution in [0, 0.1) is 13.8 Å². The summed E-state index contributed by atoms with van der Waals surface area (Å²) in [5.41, 5.74) is 5.16. The number of carbonyl (C=O) groups is 2. The van der Waals surface area contributed by atoms with E-state index in [-0.39, 0.29) is 17.7 Å². The van der Waals surface area contributed by atoms with E-state index in [1.54, 1.807) is 42.7 Å². The van der Waals surface area contributed by atoms with E-state index in [0.717, 1.165) is 5.69 Å². The first-order valence-corrected chi connectivity index (χ1v) is 11.6. The van der Waals surface area contributed by atoms with Gasteiger partial charge in [0.2, 0.25) is 5.91 Å². The maximum atomic E-state index is 12.5. The molecule has 0 aliphatic rings. The lowest BCUT2D eigenvalue weighted by atomic mass is 10.1. The van der Waals surface area contributed by atoms with E-state index in [2.05, 4.69) is 46.1 Å². The van der Waals surface area contributed by atoms with Crippen molar-refractivity contribution >= 4 is 40.8 Å². The summed E-state index contributed by atoms with van der Waals surface area (Å²) in [6.07, 6.45) is 1.64. The molecule has 3 N–H and O–H groups in total. The van der Waals surface area contributed by atoms with Gasteiger partial charge in [-0.05, 0) is 67.4 Å². The second kappa shape index (κ2) is 10.7. The molecule has 3 amide bonds. The zero-order valence-electron chi connectivity index (χ0n) is 18.8. The molecule has 0 unspecified atom stereocenters. The Kier molecular flexibility index (Phi) is 7.24. The Labute approximate surface area is 201 Å². The zero-order valence-corrected chi connectivity index (χ0v) is 19.6. The summed E-state index contributed by atoms with van der Waals surface area (Å²) in [7, 11) is 0. The van der Waals surface area contributed by atoms with Crippen molar-refractivity contribution in [1.29, 1.82) is 0 Å². The zero-order chi connectivity index (χ0) is 23.9. The van der Waals surface area contributed by atoms with Crippen LogP contribution in [-0.2, 0) is 4.79 Å². The fraction of sp³-hybridized carbons (Fsp3) is 0.120. The number of thioether (sulfide) groups is 1. The normalized spacial score (nSPS) is 10.5. The molecule has 0 fully saturated rings. The Morgan fingerprint density at radius 1 is 0.824 bits per heavy atom. The smallest absolute Gasteiger partial charge is 0.323 e. The molecule has 8 nitrogen and oxygen atoms in total. The maximum absolute atomic E-state index is 12.5. The van der Waals surface area contributed by atoms with Gasteiger partial charge in [0.25, 0.3) is 0 Å². The average molecular weight is 473 g/mol. The lowest BCUT2D eigenvalue weighted by Gasteiger charge is -2.10. The largest absolute Gasteiger partial charge is 0.325 e. The monoisotopic (exact) mass is 472 g/mol. The Morgan fingerprint density at radius 3 is 2.29 bits per heavy atom. The molecule has 1 heterocycles. The molecule has 0 spiro atoms. The van der Waals surface area contributed by atoms with Crippen LogP contribution in [0.4, 0.5) is 21.9 Å². The molecule has 0 aliphatic heterocycles. The van der Waals surface area contributed by atoms with Crippen molar-refractivity contribution < 1.29 is 9.59 Å². The highest BCUT2D eigenvalue weighted by molar-refractivity contribution is 7.99. The highest BCUT2D eigenvalue weighted by atomic mass is 32.2. The number of rotatable bonds is 7. The second-order valence-electron chi connectivity index (χ2n) is 7.61. The van der Waals surface area contributed by atoms with Crippen LogP contribution in [0.15, 0.2) is 84.3 Å². The number of nitrogens with zero attached hydrogens (tertiary/aromatic N) is 3. The Morgan fingerprint density at radius 2 is 1.53 bits per heavy atom. The summed E-state index contributed by atoms with van der Waals surface area (Å²) < 4.78 is 1.86. The SMILES string of the molecule is Cc1ccc(-n2cnnc2SCC(=O)Nc2cccc(NC(=O)Nc3ccccc3)c2)cc1C. The number of anilines is 3. The molecule has 9 heteroatoms. The Hall–Kier alpha value is -4.11. The van der Waals surface area contributed by atoms with Gasteiger partial charge in [0.15, 0.2) is 5.16 Å². The van der Waals surface area contributed by atoms with Crippen molar-refractivity contribution in [2.75, 3.05) is 21.7 Å². The number of aryl methyl sites for hydroxylation is 2. The number of benzene rings is 3. The lowest BCUT2D eigenvalue weighted by Crippen LogP contribution is -2.19. The average Bonchev–Trinajstić information content (AvgIpc) is 3.29. The van der Waals surface area contributed by atoms with Crippen molar-refractivity contribution in [2.45, 2.75) is 19.0 Å². The fourth-order valence-electron chi connectivity index (χ4n) is 3.19. The summed E-state index contributed by atoms with van der Waals surface area (Å²) in [5.74, 6) is -0.0269. The minimum Gasteiger partial charge on any atom is -0.325 e. The number of hydrogen-bond acceptors (Lipinski definition) is 5. The number of aromatic nitrogens is 3. The van der Waals surface area contributed by atoms with E-state index in [9.17, 15) is 9.59 Å². The topological polar surface area (TPSA) is 101 Å². The van der Waals surface area contributed by atoms with Crippen LogP contribution in [0.2, 0.25) is 0 Å². The molecule has 34 heavy (non-hydrogen) atoms. The number of urea groups is 1. The third-order valence-electron chi connectivity index (χ3n) is 5.05. The van der Waals surface area contributed by atoms with Crippen molar-refractivity contribution in [3.63, 3.8) is 0 Å². The summed E-state index contributed by atoms with van der Waals surface area (Å²) >= 11 is 1.30. The van der Waals surface area contributed by atoms with Gasteiger partial charge in [0.1, 0.15) is 6.33 Å². The molecule has 0 radical (unpaired) electrons. The van der Waals surface area contributed by atoms with Gasteiger partial charge in [-0.15, -0.1) is 10.2 Å². The van der Waals surface area contributed by atoms with Crippen LogP contribution in [0.5, 0.6) is 0 Å². The predicted molar refractivity (Wildman–Crippen MR) is 136 cm³/mol. The number of carbonyl (C=O) groups excluding carboxylic acids is 2. The number of nitrogens with one attached hydrogen (secondary N) is 3. The van der Waals surface area contributed by atoms with Crippen molar-refractivity contribution in [1.82, 2.24) is 14.8 Å². The summed E-state index contributed by atoms with van der Waals surface area (Å²) in [4.78, 5) is 24.7. The van der Waals surface area contributed by atoms with Gasteiger partial charge in [-0.25, -0.2) is 4.79 Å². The third-order valence-corrected chi connectivity index (χ3v) is 6.00. The van der Waals surface area contributed by atoms with Gasteiger partial charge in [-0.2, -0.15) is 0 Å². The minimum absolute atomic E-state index is 0.162. The summed E-state index contributed by atoms with van der Waals surface area (Å²) in [5, 5.41) is 17.1. The standard InChI is InChI=1S/C25H24N6O2S/c1-17-11-12-22(13-18(17)2)31-16-26-30-25(31)34-15-23(32)27-20-9-6-10-21(14-20)29-24(33)28-19-7-4-3-5-8-19/h3-14,16H,15H2,1-2H3,(H,27,32)(H2,28,29,33). The van der Waals surface area contributed by atoms with Crippen molar-refractivity contribution in [3.05, 3.63) is 90.3 Å². The van der Waals surface area contributed by atoms with E-state index < -0.39 is 0 Å². The molecule has 4 aromatic rings. The van der Waals surface area contributed by atoms with Gasteiger partial charge in [-0.3, -0.25) is 9.36 Å². The molecule has 0 saturated heterocycles. The van der Waals surface area contributed by atoms with Crippen LogP contribution >= 0.6 is 11.8 Å². The molecule has 0 atom stereocenters. The highest BCUT2D eigenvalue weighted by Crippen LogP contribution is 2.22. The predicted octanol–water partition coefficient (Wildman–Crippen LogP) is 5.26. The first-order valence-electron chi connectivity index (χ1n) is 10.6. The highest BCUT2D eigenvalue weighted by Gasteiger charge is 2.12. The van der Waals surface area contributed by atoms with Crippen molar-refractivity contribution in [3.8, 4) is 5.69 Å². The van der Waals surface area contributed by atoms with Crippen LogP contribution < -0.4 is 16.0 Å². The fourth-order valence-corrected chi connectivity index (χ4v) is 3.92. The van der Waals surface area contributed by atoms with Crippen LogP contribution in [0.25, 0.3) is 5.69 Å². The molecule has 1 aromatic heterocycles. The van der Waals surface area contributed by atoms with E-state index in [1.165, 1.54) is 22.9 Å². The van der Waals surface area contributed by atoms with Crippen molar-refractivity contribution in [2.24, 2.45) is 0 Å². The maximum Gasteiger partial charge on any atom is 0.323 e. The molecular formula is C25H24N6O2S. The van der Waals surface area contributed by atoms with Crippen LogP contribution in [0.1, 0.15) is 11.1 Å². The first-order chi connectivity index (χ1) is 16.5. The third kappa shape index (κ3) is 6.02. The molecule has 0 saturated carbocycles. The molecule has 3 aromatic carbocycles. The van der Waals surface area contributed by atoms with Gasteiger partial charge in [0.05, 0.1) is 5.75 Å². The number of para-hydroxylation sites is 1. The summed E-state index contributed by atoms with van der Waals surface area (Å²) in [6.45, 7) is 4.11. The van der Waals surface area contributed by atoms with Gasteiger partial charge in [0, 0.05) is 22.7 Å². The van der Waals surface area contributed by atoms with E-state index in [4.69, 9.17) is 0 Å². The summed E-state index contributed by atoms with van der Waals surface area (Å²) in [6, 6.07) is 21.9. The molecule has 0 bridgehead atoms. The van der Waals surface area contributed by atoms with E-state index in [0.29, 0.717) is 22.2 Å². The van der Waals surface area contributed by atoms with Crippen LogP contribution in [-0.4, -0.2) is 32.5 Å². The van der Waals surface area contributed by atoms with Gasteiger partial charge < -0.3 is 16.0 Å². The van der Waals surface area contributed by atoms with Gasteiger partial charge in [-0.1, -0.05) is 42.1 Å². The van der Waals surface area contributed by atoms with Crippen LogP contribution in [0.3, 0.4) is 0 Å². The Balaban J connectivity index is 1.33. The van der Waals surface area contributed by atoms with E-state index >= 15 is 0 Å². The number of amides is 3.